The van der Waals surface area contributed by atoms with Crippen LogP contribution in [0.15, 0.2) is 0 Å². The summed E-state index contributed by atoms with van der Waals surface area (Å²) in [5.41, 5.74) is 0. The third-order valence-electron chi connectivity index (χ3n) is 1.46. The van der Waals surface area contributed by atoms with E-state index in [9.17, 15) is 0 Å². The number of nitrogens with one attached hydrogen (secondary N) is 3. The minimum atomic E-state index is 1.06. The number of rotatable bonds is 0. The van der Waals surface area contributed by atoms with Crippen molar-refractivity contribution >= 4 is 5.96 Å². The van der Waals surface area contributed by atoms with Gasteiger partial charge in [0, 0.05) is 0 Å². The van der Waals surface area contributed by atoms with Gasteiger partial charge in [-0.1, -0.05) is 0 Å². The lowest BCUT2D eigenvalue weighted by molar-refractivity contribution is -0.424. The van der Waals surface area contributed by atoms with Crippen molar-refractivity contribution in [2.45, 2.75) is 12.8 Å². The van der Waals surface area contributed by atoms with Crippen LogP contribution in [0.5, 0.6) is 0 Å². The van der Waals surface area contributed by atoms with Gasteiger partial charge in [0.05, 0.1) is 20.1 Å². The molecule has 3 N–H and O–H groups in total. The Bertz CT molecular complexity index is 98.9. The van der Waals surface area contributed by atoms with E-state index in [1.807, 2.05) is 7.05 Å². The summed E-state index contributed by atoms with van der Waals surface area (Å²) in [6.45, 7) is 2.17. The van der Waals surface area contributed by atoms with Crippen LogP contribution in [0.25, 0.3) is 0 Å². The van der Waals surface area contributed by atoms with Crippen LogP contribution in [0.3, 0.4) is 0 Å². The molecule has 0 aromatic heterocycles. The van der Waals surface area contributed by atoms with Crippen LogP contribution < -0.4 is 15.6 Å². The molecule has 1 aliphatic heterocycles. The summed E-state index contributed by atoms with van der Waals surface area (Å²) in [6.07, 6.45) is 2.52. The molecule has 0 saturated carbocycles. The summed E-state index contributed by atoms with van der Waals surface area (Å²) >= 11 is 0. The van der Waals surface area contributed by atoms with Gasteiger partial charge in [0.25, 0.3) is 0 Å². The van der Waals surface area contributed by atoms with Gasteiger partial charge < -0.3 is 0 Å². The normalized spacial score (nSPS) is 19.4. The maximum atomic E-state index is 3.23. The highest BCUT2D eigenvalue weighted by molar-refractivity contribution is 5.73. The van der Waals surface area contributed by atoms with Gasteiger partial charge in [0.15, 0.2) is 0 Å². The van der Waals surface area contributed by atoms with E-state index in [0.29, 0.717) is 0 Å². The highest BCUT2D eigenvalue weighted by atomic mass is 15.2. The van der Waals surface area contributed by atoms with E-state index in [4.69, 9.17) is 0 Å². The minimum absolute atomic E-state index is 1.06. The fraction of sp³-hybridized carbons (Fsp3) is 0.833. The average molecular weight is 128 g/mol. The maximum absolute atomic E-state index is 3.23. The zero-order valence-corrected chi connectivity index (χ0v) is 5.83. The first-order valence-electron chi connectivity index (χ1n) is 3.46. The molecule has 52 valence electrons. The second kappa shape index (κ2) is 3.33. The molecule has 0 spiro atoms. The van der Waals surface area contributed by atoms with Crippen LogP contribution in [-0.2, 0) is 0 Å². The molecule has 3 heteroatoms. The van der Waals surface area contributed by atoms with Crippen molar-refractivity contribution < 1.29 is 4.99 Å². The summed E-state index contributed by atoms with van der Waals surface area (Å²) in [6, 6.07) is 0. The molecule has 1 heterocycles. The highest BCUT2D eigenvalue weighted by Gasteiger charge is 2.06. The molecule has 9 heavy (non-hydrogen) atoms. The number of guanidine groups is 1. The smallest absolute Gasteiger partial charge is 0.281 e. The Balaban J connectivity index is 2.36. The molecule has 0 bridgehead atoms. The minimum Gasteiger partial charge on any atom is -0.281 e. The molecule has 0 aliphatic carbocycles. The monoisotopic (exact) mass is 128 g/mol. The van der Waals surface area contributed by atoms with Crippen molar-refractivity contribution in [2.75, 3.05) is 20.1 Å². The average Bonchev–Trinajstić information content (AvgIpc) is 2.13. The van der Waals surface area contributed by atoms with Crippen molar-refractivity contribution in [3.8, 4) is 0 Å². The van der Waals surface area contributed by atoms with Gasteiger partial charge >= 0.3 is 5.96 Å². The maximum Gasteiger partial charge on any atom is 0.343 e. The predicted molar refractivity (Wildman–Crippen MR) is 37.1 cm³/mol. The Hall–Kier alpha value is -0.730. The standard InChI is InChI=1S/C6H13N3/c1-7-6-8-4-2-3-5-9-6/h2-5H2,1H3,(H2,7,8,9)/p+1. The second-order valence-corrected chi connectivity index (χ2v) is 2.19. The molecule has 3 nitrogen and oxygen atoms in total. The molecule has 0 atom stereocenters. The van der Waals surface area contributed by atoms with E-state index >= 15 is 0 Å². The molecular weight excluding hydrogens is 114 g/mol. The second-order valence-electron chi connectivity index (χ2n) is 2.19. The molecule has 1 fully saturated rings. The fourth-order valence-electron chi connectivity index (χ4n) is 0.916. The molecule has 0 unspecified atom stereocenters. The Labute approximate surface area is 55.6 Å². The largest absolute Gasteiger partial charge is 0.343 e. The molecule has 0 aromatic rings. The Morgan fingerprint density at radius 1 is 1.22 bits per heavy atom. The zero-order chi connectivity index (χ0) is 6.53. The van der Waals surface area contributed by atoms with Crippen LogP contribution in [0.2, 0.25) is 0 Å². The Morgan fingerprint density at radius 3 is 2.22 bits per heavy atom. The summed E-state index contributed by atoms with van der Waals surface area (Å²) in [4.78, 5) is 3.04. The quantitative estimate of drug-likeness (QED) is 0.354. The topological polar surface area (TPSA) is 38.0 Å². The molecular formula is C6H14N3+. The molecule has 1 rings (SSSR count). The van der Waals surface area contributed by atoms with Crippen LogP contribution in [0.4, 0.5) is 0 Å². The highest BCUT2D eigenvalue weighted by Crippen LogP contribution is 1.86. The van der Waals surface area contributed by atoms with Crippen molar-refractivity contribution in [3.05, 3.63) is 0 Å². The van der Waals surface area contributed by atoms with Gasteiger partial charge in [-0.25, -0.2) is 0 Å². The molecule has 0 amide bonds. The van der Waals surface area contributed by atoms with Crippen LogP contribution >= 0.6 is 0 Å². The summed E-state index contributed by atoms with van der Waals surface area (Å²) in [5, 5.41) is 6.45. The van der Waals surface area contributed by atoms with E-state index in [0.717, 1.165) is 19.0 Å². The third kappa shape index (κ3) is 1.91. The number of hydrogen-bond donors (Lipinski definition) is 3. The van der Waals surface area contributed by atoms with Crippen molar-refractivity contribution in [2.24, 2.45) is 0 Å². The van der Waals surface area contributed by atoms with Gasteiger partial charge in [0.2, 0.25) is 0 Å². The Kier molecular flexibility index (Phi) is 2.36. The molecule has 0 radical (unpaired) electrons. The molecule has 1 saturated heterocycles. The van der Waals surface area contributed by atoms with E-state index in [1.165, 1.54) is 12.8 Å². The van der Waals surface area contributed by atoms with Gasteiger partial charge in [-0.15, -0.1) is 0 Å². The first-order chi connectivity index (χ1) is 4.43. The van der Waals surface area contributed by atoms with Crippen molar-refractivity contribution in [1.82, 2.24) is 10.6 Å². The van der Waals surface area contributed by atoms with E-state index in [-0.39, 0.29) is 0 Å². The fourth-order valence-corrected chi connectivity index (χ4v) is 0.916. The van der Waals surface area contributed by atoms with Crippen molar-refractivity contribution in [1.29, 1.82) is 0 Å². The SMILES string of the molecule is C[NH+]=C1NCCCCN1. The molecule has 1 aliphatic rings. The lowest BCUT2D eigenvalue weighted by Crippen LogP contribution is -2.75. The van der Waals surface area contributed by atoms with Crippen LogP contribution in [0.1, 0.15) is 12.8 Å². The first-order valence-corrected chi connectivity index (χ1v) is 3.46. The van der Waals surface area contributed by atoms with Gasteiger partial charge in [-0.3, -0.25) is 15.6 Å². The van der Waals surface area contributed by atoms with Crippen LogP contribution in [0, 0.1) is 0 Å². The van der Waals surface area contributed by atoms with E-state index in [2.05, 4.69) is 15.6 Å². The summed E-state index contributed by atoms with van der Waals surface area (Å²) in [7, 11) is 1.92. The molecule has 0 aromatic carbocycles. The predicted octanol–water partition coefficient (Wildman–Crippen LogP) is -1.97. The van der Waals surface area contributed by atoms with E-state index in [1.54, 1.807) is 0 Å². The summed E-state index contributed by atoms with van der Waals surface area (Å²) < 4.78 is 0. The zero-order valence-electron chi connectivity index (χ0n) is 5.83. The number of hydrogen-bond acceptors (Lipinski definition) is 0. The van der Waals surface area contributed by atoms with E-state index < -0.39 is 0 Å². The lowest BCUT2D eigenvalue weighted by atomic mass is 10.3. The summed E-state index contributed by atoms with van der Waals surface area (Å²) in [5.74, 6) is 1.06. The van der Waals surface area contributed by atoms with Gasteiger partial charge in [-0.05, 0) is 12.8 Å². The third-order valence-corrected chi connectivity index (χ3v) is 1.46. The van der Waals surface area contributed by atoms with Crippen molar-refractivity contribution in [3.63, 3.8) is 0 Å². The lowest BCUT2D eigenvalue weighted by Gasteiger charge is -1.95. The van der Waals surface area contributed by atoms with Gasteiger partial charge in [0.1, 0.15) is 0 Å². The van der Waals surface area contributed by atoms with Crippen LogP contribution in [-0.4, -0.2) is 26.1 Å². The Morgan fingerprint density at radius 2 is 1.78 bits per heavy atom. The van der Waals surface area contributed by atoms with Gasteiger partial charge in [-0.2, -0.15) is 0 Å². The first kappa shape index (κ1) is 6.39.